The fraction of sp³-hybridized carbons (Fsp3) is 0.312. The number of unbranched alkanes of at least 4 members (excludes halogenated alkanes) is 5. The molecule has 0 saturated heterocycles. The lowest BCUT2D eigenvalue weighted by molar-refractivity contribution is 0.608. The zero-order valence-corrected chi connectivity index (χ0v) is 20.7. The largest absolute Gasteiger partial charge is 0.350 e. The average molecular weight is 447 g/mol. The van der Waals surface area contributed by atoms with E-state index in [9.17, 15) is 0 Å². The van der Waals surface area contributed by atoms with Crippen LogP contribution < -0.4 is 0 Å². The fourth-order valence-electron chi connectivity index (χ4n) is 6.12. The lowest BCUT2D eigenvalue weighted by Gasteiger charge is -2.11. The van der Waals surface area contributed by atoms with Gasteiger partial charge in [-0.2, -0.15) is 0 Å². The van der Waals surface area contributed by atoms with Crippen molar-refractivity contribution in [1.29, 1.82) is 0 Å². The lowest BCUT2D eigenvalue weighted by atomic mass is 9.94. The molecular weight excluding hydrogens is 412 g/mol. The first-order valence-electron chi connectivity index (χ1n) is 13.0. The van der Waals surface area contributed by atoms with Gasteiger partial charge in [-0.3, -0.25) is 0 Å². The third-order valence-electron chi connectivity index (χ3n) is 7.85. The third kappa shape index (κ3) is 3.31. The van der Waals surface area contributed by atoms with Gasteiger partial charge >= 0.3 is 0 Å². The Bertz CT molecular complexity index is 1660. The van der Waals surface area contributed by atoms with Crippen molar-refractivity contribution in [3.05, 3.63) is 72.6 Å². The van der Waals surface area contributed by atoms with E-state index < -0.39 is 0 Å². The second kappa shape index (κ2) is 8.51. The van der Waals surface area contributed by atoms with Crippen LogP contribution in [0.5, 0.6) is 0 Å². The normalized spacial score (nSPS) is 12.2. The lowest BCUT2D eigenvalue weighted by Crippen LogP contribution is -1.89. The van der Waals surface area contributed by atoms with Gasteiger partial charge in [0, 0.05) is 48.0 Å². The Kier molecular flexibility index (Phi) is 5.32. The van der Waals surface area contributed by atoms with Gasteiger partial charge in [0.05, 0.1) is 11.0 Å². The van der Waals surface area contributed by atoms with Crippen LogP contribution in [-0.4, -0.2) is 9.13 Å². The van der Waals surface area contributed by atoms with Crippen LogP contribution in [0.15, 0.2) is 67.0 Å². The van der Waals surface area contributed by atoms with Crippen molar-refractivity contribution in [2.24, 2.45) is 14.1 Å². The summed E-state index contributed by atoms with van der Waals surface area (Å²) in [6, 6.07) is 20.8. The Morgan fingerprint density at radius 1 is 0.529 bits per heavy atom. The average Bonchev–Trinajstić information content (AvgIpc) is 3.40. The molecule has 172 valence electrons. The Hall–Kier alpha value is -3.26. The highest BCUT2D eigenvalue weighted by Gasteiger charge is 2.13. The van der Waals surface area contributed by atoms with Crippen molar-refractivity contribution in [3.63, 3.8) is 0 Å². The summed E-state index contributed by atoms with van der Waals surface area (Å²) in [4.78, 5) is 0. The van der Waals surface area contributed by atoms with E-state index in [2.05, 4.69) is 97.1 Å². The van der Waals surface area contributed by atoms with E-state index in [0.29, 0.717) is 0 Å². The summed E-state index contributed by atoms with van der Waals surface area (Å²) in [6.07, 6.45) is 13.8. The first kappa shape index (κ1) is 21.3. The summed E-state index contributed by atoms with van der Waals surface area (Å²) in [7, 11) is 4.35. The Morgan fingerprint density at radius 2 is 1.09 bits per heavy atom. The van der Waals surface area contributed by atoms with Gasteiger partial charge in [0.25, 0.3) is 0 Å². The number of hydrogen-bond donors (Lipinski definition) is 0. The van der Waals surface area contributed by atoms with E-state index >= 15 is 0 Å². The molecule has 0 amide bonds. The summed E-state index contributed by atoms with van der Waals surface area (Å²) in [5.41, 5.74) is 4.19. The maximum atomic E-state index is 2.37. The Balaban J connectivity index is 1.45. The summed E-state index contributed by atoms with van der Waals surface area (Å²) in [5, 5.41) is 10.8. The summed E-state index contributed by atoms with van der Waals surface area (Å²) < 4.78 is 4.59. The summed E-state index contributed by atoms with van der Waals surface area (Å²) >= 11 is 0. The predicted octanol–water partition coefficient (Wildman–Crippen LogP) is 9.03. The predicted molar refractivity (Wildman–Crippen MR) is 149 cm³/mol. The second-order valence-corrected chi connectivity index (χ2v) is 10.1. The minimum Gasteiger partial charge on any atom is -0.350 e. The molecular formula is C32H34N2. The maximum Gasteiger partial charge on any atom is 0.0560 e. The van der Waals surface area contributed by atoms with E-state index in [-0.39, 0.29) is 0 Å². The number of benzene rings is 4. The zero-order valence-electron chi connectivity index (χ0n) is 20.7. The van der Waals surface area contributed by atoms with Crippen LogP contribution in [-0.2, 0) is 20.5 Å². The molecule has 0 radical (unpaired) electrons. The monoisotopic (exact) mass is 446 g/mol. The number of aromatic nitrogens is 2. The quantitative estimate of drug-likeness (QED) is 0.171. The van der Waals surface area contributed by atoms with Crippen molar-refractivity contribution in [2.75, 3.05) is 0 Å². The Labute approximate surface area is 201 Å². The molecule has 34 heavy (non-hydrogen) atoms. The summed E-state index contributed by atoms with van der Waals surface area (Å²) in [6.45, 7) is 2.29. The minimum atomic E-state index is 1.18. The van der Waals surface area contributed by atoms with Gasteiger partial charge in [-0.25, -0.2) is 0 Å². The van der Waals surface area contributed by atoms with Gasteiger partial charge in [0.15, 0.2) is 0 Å². The van der Waals surface area contributed by atoms with Crippen molar-refractivity contribution in [2.45, 2.75) is 51.9 Å². The molecule has 0 atom stereocenters. The number of rotatable bonds is 7. The fourth-order valence-corrected chi connectivity index (χ4v) is 6.12. The molecule has 0 spiro atoms. The van der Waals surface area contributed by atoms with E-state index in [1.807, 2.05) is 0 Å². The highest BCUT2D eigenvalue weighted by atomic mass is 14.9. The van der Waals surface area contributed by atoms with Crippen LogP contribution in [0.3, 0.4) is 0 Å². The molecule has 0 aliphatic heterocycles. The van der Waals surface area contributed by atoms with E-state index in [1.54, 1.807) is 0 Å². The van der Waals surface area contributed by atoms with Gasteiger partial charge in [-0.15, -0.1) is 0 Å². The number of aryl methyl sites for hydroxylation is 3. The van der Waals surface area contributed by atoms with Gasteiger partial charge in [0.2, 0.25) is 0 Å². The van der Waals surface area contributed by atoms with Crippen molar-refractivity contribution in [3.8, 4) is 0 Å². The van der Waals surface area contributed by atoms with Gasteiger partial charge in [-0.1, -0.05) is 87.6 Å². The molecule has 0 unspecified atom stereocenters. The molecule has 2 heterocycles. The van der Waals surface area contributed by atoms with Gasteiger partial charge in [-0.05, 0) is 46.0 Å². The topological polar surface area (TPSA) is 9.86 Å². The molecule has 0 aliphatic carbocycles. The van der Waals surface area contributed by atoms with Crippen LogP contribution in [0.2, 0.25) is 0 Å². The molecule has 0 aliphatic rings. The van der Waals surface area contributed by atoms with E-state index in [0.717, 1.165) is 0 Å². The number of hydrogen-bond acceptors (Lipinski definition) is 0. The first-order valence-corrected chi connectivity index (χ1v) is 13.0. The molecule has 0 N–H and O–H groups in total. The minimum absolute atomic E-state index is 1.18. The van der Waals surface area contributed by atoms with Gasteiger partial charge < -0.3 is 9.13 Å². The van der Waals surface area contributed by atoms with Crippen molar-refractivity contribution in [1.82, 2.24) is 9.13 Å². The SMILES string of the molecule is CCCCCCCCc1cn(C)c2c1ccc1c3ccc4c(ccc5ccn(C)c54)c3ccc12. The van der Waals surface area contributed by atoms with Crippen LogP contribution in [0.1, 0.15) is 51.0 Å². The third-order valence-corrected chi connectivity index (χ3v) is 7.85. The van der Waals surface area contributed by atoms with Crippen LogP contribution >= 0.6 is 0 Å². The van der Waals surface area contributed by atoms with Crippen LogP contribution in [0.4, 0.5) is 0 Å². The zero-order chi connectivity index (χ0) is 23.2. The molecule has 0 bridgehead atoms. The van der Waals surface area contributed by atoms with E-state index in [4.69, 9.17) is 0 Å². The molecule has 0 fully saturated rings. The first-order chi connectivity index (χ1) is 16.7. The molecule has 2 heteroatoms. The van der Waals surface area contributed by atoms with Crippen molar-refractivity contribution >= 4 is 54.1 Å². The standard InChI is InChI=1S/C32H34N2/c1-4-5-6-7-8-9-10-23-21-34(3)32-24(23)13-14-28-26-15-17-29-27(25(26)16-18-30(28)32)12-11-22-19-20-33(2)31(22)29/h11-21H,4-10H2,1-3H3. The smallest absolute Gasteiger partial charge is 0.0560 e. The number of nitrogens with zero attached hydrogens (tertiary/aromatic N) is 2. The van der Waals surface area contributed by atoms with Crippen LogP contribution in [0.25, 0.3) is 54.1 Å². The molecule has 2 aromatic heterocycles. The Morgan fingerprint density at radius 3 is 1.82 bits per heavy atom. The maximum absolute atomic E-state index is 2.37. The van der Waals surface area contributed by atoms with Crippen LogP contribution in [0, 0.1) is 0 Å². The van der Waals surface area contributed by atoms with E-state index in [1.165, 1.54) is 105 Å². The van der Waals surface area contributed by atoms with Gasteiger partial charge in [0.1, 0.15) is 0 Å². The summed E-state index contributed by atoms with van der Waals surface area (Å²) in [5.74, 6) is 0. The molecule has 6 rings (SSSR count). The molecule has 4 aromatic carbocycles. The highest BCUT2D eigenvalue weighted by Crippen LogP contribution is 2.38. The second-order valence-electron chi connectivity index (χ2n) is 10.1. The molecule has 2 nitrogen and oxygen atoms in total. The molecule has 6 aromatic rings. The highest BCUT2D eigenvalue weighted by molar-refractivity contribution is 6.24. The van der Waals surface area contributed by atoms with Crippen molar-refractivity contribution < 1.29 is 0 Å². The number of fused-ring (bicyclic) bond motifs is 9. The molecule has 0 saturated carbocycles.